The van der Waals surface area contributed by atoms with Crippen LogP contribution in [0.4, 0.5) is 5.82 Å². The van der Waals surface area contributed by atoms with Gasteiger partial charge in [0.15, 0.2) is 11.5 Å². The highest BCUT2D eigenvalue weighted by Crippen LogP contribution is 2.38. The van der Waals surface area contributed by atoms with Gasteiger partial charge in [-0.25, -0.2) is 4.98 Å². The number of nitriles is 1. The van der Waals surface area contributed by atoms with E-state index in [1.165, 1.54) is 0 Å². The van der Waals surface area contributed by atoms with Gasteiger partial charge < -0.3 is 20.3 Å². The third-order valence-electron chi connectivity index (χ3n) is 4.78. The number of phenolic OH excluding ortho intramolecular Hbond substituents is 1. The van der Waals surface area contributed by atoms with Crippen LogP contribution in [0, 0.1) is 11.3 Å². The molecule has 0 aliphatic rings. The fraction of sp³-hybridized carbons (Fsp3) is 0.0400. The number of hydrogen-bond acceptors (Lipinski definition) is 6. The van der Waals surface area contributed by atoms with Crippen LogP contribution in [0.5, 0.6) is 23.0 Å². The summed E-state index contributed by atoms with van der Waals surface area (Å²) < 4.78 is 11.2. The standard InChI is InChI=1S/C25H19N3O3/c1-30-23-10-6-5-9-18(23)21-14-19(20(15-26)25(27)28-21)16-11-12-24(22(29)13-16)31-17-7-3-2-4-8-17/h2-14,29H,1H3,(H2,27,28). The van der Waals surface area contributed by atoms with Crippen molar-refractivity contribution >= 4 is 5.82 Å². The summed E-state index contributed by atoms with van der Waals surface area (Å²) in [7, 11) is 1.58. The van der Waals surface area contributed by atoms with Gasteiger partial charge in [-0.15, -0.1) is 0 Å². The zero-order valence-electron chi connectivity index (χ0n) is 16.7. The van der Waals surface area contributed by atoms with Crippen LogP contribution in [0.3, 0.4) is 0 Å². The van der Waals surface area contributed by atoms with E-state index in [0.29, 0.717) is 34.1 Å². The van der Waals surface area contributed by atoms with Crippen LogP contribution in [-0.2, 0) is 0 Å². The van der Waals surface area contributed by atoms with Crippen molar-refractivity contribution in [3.63, 3.8) is 0 Å². The van der Waals surface area contributed by atoms with Crippen molar-refractivity contribution in [2.24, 2.45) is 0 Å². The first-order chi connectivity index (χ1) is 15.1. The molecule has 0 spiro atoms. The molecule has 1 aromatic heterocycles. The predicted molar refractivity (Wildman–Crippen MR) is 119 cm³/mol. The molecule has 31 heavy (non-hydrogen) atoms. The summed E-state index contributed by atoms with van der Waals surface area (Å²) in [6, 6.07) is 25.4. The van der Waals surface area contributed by atoms with E-state index < -0.39 is 0 Å². The summed E-state index contributed by atoms with van der Waals surface area (Å²) in [5, 5.41) is 20.2. The van der Waals surface area contributed by atoms with Crippen molar-refractivity contribution in [3.8, 4) is 51.5 Å². The van der Waals surface area contributed by atoms with E-state index in [9.17, 15) is 10.4 Å². The van der Waals surface area contributed by atoms with Crippen molar-refractivity contribution < 1.29 is 14.6 Å². The van der Waals surface area contributed by atoms with Crippen LogP contribution in [0.2, 0.25) is 0 Å². The molecule has 1 heterocycles. The van der Waals surface area contributed by atoms with Crippen molar-refractivity contribution in [3.05, 3.63) is 84.4 Å². The topological polar surface area (TPSA) is 101 Å². The van der Waals surface area contributed by atoms with Gasteiger partial charge in [-0.05, 0) is 48.0 Å². The first-order valence-electron chi connectivity index (χ1n) is 9.51. The van der Waals surface area contributed by atoms with E-state index in [1.54, 1.807) is 43.5 Å². The maximum atomic E-state index is 10.5. The minimum Gasteiger partial charge on any atom is -0.504 e. The zero-order valence-corrected chi connectivity index (χ0v) is 16.7. The molecule has 0 fully saturated rings. The molecule has 6 heteroatoms. The monoisotopic (exact) mass is 409 g/mol. The van der Waals surface area contributed by atoms with Gasteiger partial charge in [-0.2, -0.15) is 5.26 Å². The van der Waals surface area contributed by atoms with Crippen LogP contribution >= 0.6 is 0 Å². The second-order valence-electron chi connectivity index (χ2n) is 6.73. The molecule has 0 bridgehead atoms. The molecule has 3 N–H and O–H groups in total. The van der Waals surface area contributed by atoms with E-state index in [4.69, 9.17) is 15.2 Å². The van der Waals surface area contributed by atoms with Crippen molar-refractivity contribution in [2.75, 3.05) is 12.8 Å². The number of ether oxygens (including phenoxy) is 2. The summed E-state index contributed by atoms with van der Waals surface area (Å²) in [5.74, 6) is 1.60. The number of hydrogen-bond donors (Lipinski definition) is 2. The van der Waals surface area contributed by atoms with Gasteiger partial charge in [-0.1, -0.05) is 36.4 Å². The number of nitrogens with two attached hydrogens (primary N) is 1. The normalized spacial score (nSPS) is 10.3. The van der Waals surface area contributed by atoms with Crippen LogP contribution in [0.15, 0.2) is 78.9 Å². The Morgan fingerprint density at radius 1 is 0.903 bits per heavy atom. The third kappa shape index (κ3) is 3.98. The van der Waals surface area contributed by atoms with Crippen LogP contribution in [-0.4, -0.2) is 17.2 Å². The summed E-state index contributed by atoms with van der Waals surface area (Å²) >= 11 is 0. The molecule has 0 atom stereocenters. The maximum Gasteiger partial charge on any atom is 0.169 e. The Hall–Kier alpha value is -4.50. The number of methoxy groups -OCH3 is 1. The molecule has 0 aliphatic heterocycles. The third-order valence-corrected chi connectivity index (χ3v) is 4.78. The van der Waals surface area contributed by atoms with Gasteiger partial charge >= 0.3 is 0 Å². The number of benzene rings is 3. The first-order valence-corrected chi connectivity index (χ1v) is 9.51. The average Bonchev–Trinajstić information content (AvgIpc) is 2.80. The SMILES string of the molecule is COc1ccccc1-c1cc(-c2ccc(Oc3ccccc3)c(O)c2)c(C#N)c(N)n1. The molecule has 152 valence electrons. The van der Waals surface area contributed by atoms with Gasteiger partial charge in [0.25, 0.3) is 0 Å². The number of anilines is 1. The molecule has 3 aromatic carbocycles. The predicted octanol–water partition coefficient (Wildman–Crippen LogP) is 5.38. The van der Waals surface area contributed by atoms with Gasteiger partial charge in [-0.3, -0.25) is 0 Å². The minimum atomic E-state index is -0.0560. The molecule has 0 amide bonds. The lowest BCUT2D eigenvalue weighted by molar-refractivity contribution is 0.411. The Bertz CT molecular complexity index is 1280. The maximum absolute atomic E-state index is 10.5. The summed E-state index contributed by atoms with van der Waals surface area (Å²) in [4.78, 5) is 4.39. The fourth-order valence-corrected chi connectivity index (χ4v) is 3.29. The second-order valence-corrected chi connectivity index (χ2v) is 6.73. The number of aromatic hydroxyl groups is 1. The molecule has 4 aromatic rings. The molecule has 0 saturated carbocycles. The Kier molecular flexibility index (Phi) is 5.41. The van der Waals surface area contributed by atoms with Crippen LogP contribution in [0.1, 0.15) is 5.56 Å². The number of aromatic nitrogens is 1. The number of phenols is 1. The Morgan fingerprint density at radius 2 is 1.65 bits per heavy atom. The quantitative estimate of drug-likeness (QED) is 0.459. The second kappa shape index (κ2) is 8.47. The Balaban J connectivity index is 1.79. The first kappa shape index (κ1) is 19.8. The molecule has 0 saturated heterocycles. The molecule has 0 radical (unpaired) electrons. The van der Waals surface area contributed by atoms with Gasteiger partial charge in [0.1, 0.15) is 28.9 Å². The van der Waals surface area contributed by atoms with Crippen LogP contribution in [0.25, 0.3) is 22.4 Å². The lowest BCUT2D eigenvalue weighted by Gasteiger charge is -2.14. The molecular formula is C25H19N3O3. The number of para-hydroxylation sites is 2. The molecular weight excluding hydrogens is 390 g/mol. The summed E-state index contributed by atoms with van der Waals surface area (Å²) in [6.45, 7) is 0. The molecule has 6 nitrogen and oxygen atoms in total. The van der Waals surface area contributed by atoms with Crippen LogP contribution < -0.4 is 15.2 Å². The highest BCUT2D eigenvalue weighted by molar-refractivity contribution is 5.82. The molecule has 0 unspecified atom stereocenters. The molecule has 0 aliphatic carbocycles. The minimum absolute atomic E-state index is 0.0560. The lowest BCUT2D eigenvalue weighted by Crippen LogP contribution is -2.00. The lowest BCUT2D eigenvalue weighted by atomic mass is 9.98. The van der Waals surface area contributed by atoms with E-state index in [0.717, 1.165) is 5.56 Å². The van der Waals surface area contributed by atoms with E-state index in [-0.39, 0.29) is 17.1 Å². The highest BCUT2D eigenvalue weighted by Gasteiger charge is 2.17. The zero-order chi connectivity index (χ0) is 21.8. The number of nitrogens with zero attached hydrogens (tertiary/aromatic N) is 2. The van der Waals surface area contributed by atoms with Crippen molar-refractivity contribution in [1.82, 2.24) is 4.98 Å². The summed E-state index contributed by atoms with van der Waals surface area (Å²) in [6.07, 6.45) is 0. The van der Waals surface area contributed by atoms with E-state index in [2.05, 4.69) is 11.1 Å². The highest BCUT2D eigenvalue weighted by atomic mass is 16.5. The fourth-order valence-electron chi connectivity index (χ4n) is 3.29. The Labute approximate surface area is 179 Å². The summed E-state index contributed by atoms with van der Waals surface area (Å²) in [5.41, 5.74) is 8.81. The van der Waals surface area contributed by atoms with Gasteiger partial charge in [0.2, 0.25) is 0 Å². The van der Waals surface area contributed by atoms with Gasteiger partial charge in [0, 0.05) is 11.1 Å². The van der Waals surface area contributed by atoms with Crippen molar-refractivity contribution in [2.45, 2.75) is 0 Å². The number of rotatable bonds is 5. The molecule has 4 rings (SSSR count). The number of pyridine rings is 1. The number of nitrogen functional groups attached to an aromatic ring is 1. The van der Waals surface area contributed by atoms with E-state index in [1.807, 2.05) is 42.5 Å². The largest absolute Gasteiger partial charge is 0.504 e. The van der Waals surface area contributed by atoms with Crippen molar-refractivity contribution in [1.29, 1.82) is 5.26 Å². The van der Waals surface area contributed by atoms with E-state index >= 15 is 0 Å². The van der Waals surface area contributed by atoms with Gasteiger partial charge in [0.05, 0.1) is 12.8 Å². The smallest absolute Gasteiger partial charge is 0.169 e. The Morgan fingerprint density at radius 3 is 2.35 bits per heavy atom. The average molecular weight is 409 g/mol.